The van der Waals surface area contributed by atoms with Crippen LogP contribution >= 0.6 is 11.6 Å². The van der Waals surface area contributed by atoms with Gasteiger partial charge in [0.15, 0.2) is 5.82 Å². The summed E-state index contributed by atoms with van der Waals surface area (Å²) in [6.07, 6.45) is 7.68. The molecule has 0 atom stereocenters. The zero-order valence-electron chi connectivity index (χ0n) is 16.0. The normalized spacial score (nSPS) is 17.8. The Kier molecular flexibility index (Phi) is 5.95. The third kappa shape index (κ3) is 4.38. The number of nitrogens with one attached hydrogen (secondary N) is 1. The predicted molar refractivity (Wildman–Crippen MR) is 112 cm³/mol. The van der Waals surface area contributed by atoms with Gasteiger partial charge in [0.25, 0.3) is 0 Å². The van der Waals surface area contributed by atoms with Crippen molar-refractivity contribution in [1.29, 1.82) is 0 Å². The van der Waals surface area contributed by atoms with Crippen molar-refractivity contribution >= 4 is 29.0 Å². The van der Waals surface area contributed by atoms with E-state index in [2.05, 4.69) is 25.1 Å². The molecule has 0 unspecified atom stereocenters. The molecule has 148 valence electrons. The second-order valence-corrected chi connectivity index (χ2v) is 7.97. The summed E-state index contributed by atoms with van der Waals surface area (Å²) in [5.74, 6) is 1.22. The van der Waals surface area contributed by atoms with E-state index in [9.17, 15) is 4.79 Å². The number of hydrogen-bond acceptors (Lipinski definition) is 5. The van der Waals surface area contributed by atoms with Crippen LogP contribution in [0, 0.1) is 5.92 Å². The highest BCUT2D eigenvalue weighted by atomic mass is 35.5. The number of piperidine rings is 1. The van der Waals surface area contributed by atoms with Gasteiger partial charge in [-0.15, -0.1) is 0 Å². The number of anilines is 2. The molecule has 2 fully saturated rings. The summed E-state index contributed by atoms with van der Waals surface area (Å²) in [5.41, 5.74) is 2.12. The predicted octanol–water partition coefficient (Wildman–Crippen LogP) is 3.26. The van der Waals surface area contributed by atoms with Gasteiger partial charge in [0.2, 0.25) is 5.91 Å². The summed E-state index contributed by atoms with van der Waals surface area (Å²) >= 11 is 6.01. The minimum Gasteiger partial charge on any atom is -0.367 e. The first-order chi connectivity index (χ1) is 13.7. The summed E-state index contributed by atoms with van der Waals surface area (Å²) in [7, 11) is 0. The van der Waals surface area contributed by atoms with Gasteiger partial charge < -0.3 is 15.1 Å². The zero-order valence-corrected chi connectivity index (χ0v) is 16.7. The number of carbonyl (C=O) groups is 1. The Morgan fingerprint density at radius 2 is 1.93 bits per heavy atom. The number of carbonyl (C=O) groups excluding carboxylic acids is 1. The van der Waals surface area contributed by atoms with E-state index < -0.39 is 0 Å². The van der Waals surface area contributed by atoms with Gasteiger partial charge in [-0.3, -0.25) is 4.79 Å². The largest absolute Gasteiger partial charge is 0.367 e. The van der Waals surface area contributed by atoms with Gasteiger partial charge in [-0.05, 0) is 43.4 Å². The van der Waals surface area contributed by atoms with E-state index in [1.807, 2.05) is 30.5 Å². The van der Waals surface area contributed by atoms with Crippen molar-refractivity contribution in [2.24, 2.45) is 5.92 Å². The molecule has 0 radical (unpaired) electrons. The first-order valence-electron chi connectivity index (χ1n) is 10.0. The van der Waals surface area contributed by atoms with Crippen LogP contribution in [0.4, 0.5) is 11.5 Å². The smallest absolute Gasteiger partial charge is 0.223 e. The van der Waals surface area contributed by atoms with E-state index in [1.54, 1.807) is 6.33 Å². The Morgan fingerprint density at radius 3 is 2.68 bits per heavy atom. The van der Waals surface area contributed by atoms with Gasteiger partial charge in [0.1, 0.15) is 6.33 Å². The van der Waals surface area contributed by atoms with Gasteiger partial charge in [0, 0.05) is 43.7 Å². The number of nitrogens with zero attached hydrogens (tertiary/aromatic N) is 4. The van der Waals surface area contributed by atoms with Crippen molar-refractivity contribution in [3.63, 3.8) is 0 Å². The number of benzene rings is 1. The maximum absolute atomic E-state index is 12.6. The van der Waals surface area contributed by atoms with Crippen molar-refractivity contribution in [2.75, 3.05) is 36.0 Å². The van der Waals surface area contributed by atoms with Crippen LogP contribution in [0.5, 0.6) is 0 Å². The average molecular weight is 400 g/mol. The van der Waals surface area contributed by atoms with Crippen LogP contribution < -0.4 is 15.1 Å². The van der Waals surface area contributed by atoms with Crippen LogP contribution in [0.1, 0.15) is 31.2 Å². The first kappa shape index (κ1) is 19.0. The molecule has 3 heterocycles. The van der Waals surface area contributed by atoms with Gasteiger partial charge in [-0.2, -0.15) is 0 Å². The lowest BCUT2D eigenvalue weighted by Gasteiger charge is -2.34. The Bertz CT molecular complexity index is 816. The lowest BCUT2D eigenvalue weighted by molar-refractivity contribution is -0.125. The van der Waals surface area contributed by atoms with Crippen LogP contribution in [0.2, 0.25) is 5.02 Å². The molecular formula is C21H26ClN5O. The van der Waals surface area contributed by atoms with Crippen molar-refractivity contribution in [2.45, 2.75) is 32.2 Å². The Balaban J connectivity index is 1.33. The summed E-state index contributed by atoms with van der Waals surface area (Å²) in [4.78, 5) is 26.0. The van der Waals surface area contributed by atoms with Crippen LogP contribution in [-0.2, 0) is 11.3 Å². The number of hydrogen-bond donors (Lipinski definition) is 1. The quantitative estimate of drug-likeness (QED) is 0.836. The fourth-order valence-corrected chi connectivity index (χ4v) is 4.29. The fraction of sp³-hybridized carbons (Fsp3) is 0.476. The van der Waals surface area contributed by atoms with Crippen LogP contribution in [-0.4, -0.2) is 42.1 Å². The van der Waals surface area contributed by atoms with E-state index >= 15 is 0 Å². The molecule has 0 spiro atoms. The highest BCUT2D eigenvalue weighted by Crippen LogP contribution is 2.31. The molecule has 0 aliphatic carbocycles. The van der Waals surface area contributed by atoms with E-state index in [4.69, 9.17) is 11.6 Å². The maximum Gasteiger partial charge on any atom is 0.223 e. The van der Waals surface area contributed by atoms with Crippen LogP contribution in [0.3, 0.4) is 0 Å². The van der Waals surface area contributed by atoms with E-state index in [-0.39, 0.29) is 11.8 Å². The molecule has 1 N–H and O–H groups in total. The van der Waals surface area contributed by atoms with Gasteiger partial charge in [-0.1, -0.05) is 23.7 Å². The third-order valence-corrected chi connectivity index (χ3v) is 5.88. The monoisotopic (exact) mass is 399 g/mol. The highest BCUT2D eigenvalue weighted by molar-refractivity contribution is 6.30. The fourth-order valence-electron chi connectivity index (χ4n) is 4.07. The summed E-state index contributed by atoms with van der Waals surface area (Å²) in [5, 5.41) is 3.75. The lowest BCUT2D eigenvalue weighted by Crippen LogP contribution is -2.41. The number of halogens is 1. The second-order valence-electron chi connectivity index (χ2n) is 7.53. The first-order valence-corrected chi connectivity index (χ1v) is 10.4. The Hall–Kier alpha value is -2.34. The zero-order chi connectivity index (χ0) is 19.3. The van der Waals surface area contributed by atoms with E-state index in [0.717, 1.165) is 56.1 Å². The number of aromatic nitrogens is 2. The molecule has 2 aliphatic rings. The van der Waals surface area contributed by atoms with E-state index in [1.165, 1.54) is 12.8 Å². The topological polar surface area (TPSA) is 61.4 Å². The Morgan fingerprint density at radius 1 is 1.14 bits per heavy atom. The molecule has 0 bridgehead atoms. The Labute approximate surface area is 170 Å². The average Bonchev–Trinajstić information content (AvgIpc) is 3.27. The molecule has 4 rings (SSSR count). The molecule has 1 amide bonds. The van der Waals surface area contributed by atoms with Gasteiger partial charge in [0.05, 0.1) is 11.9 Å². The summed E-state index contributed by atoms with van der Waals surface area (Å²) in [6, 6.07) is 7.61. The second kappa shape index (κ2) is 8.78. The van der Waals surface area contributed by atoms with Crippen molar-refractivity contribution in [3.8, 4) is 0 Å². The van der Waals surface area contributed by atoms with Gasteiger partial charge >= 0.3 is 0 Å². The standard InChI is InChI=1S/C21H26ClN5O/c22-18-5-3-4-16(12-18)13-24-21(28)17-6-10-26(11-7-17)19-14-23-15-25-20(19)27-8-1-2-9-27/h3-5,12,14-15,17H,1-2,6-11,13H2,(H,24,28). The van der Waals surface area contributed by atoms with E-state index in [0.29, 0.717) is 11.6 Å². The number of amides is 1. The third-order valence-electron chi connectivity index (χ3n) is 5.64. The SMILES string of the molecule is O=C(NCc1cccc(Cl)c1)C1CCN(c2cncnc2N2CCCC2)CC1. The minimum absolute atomic E-state index is 0.0512. The molecule has 2 aromatic rings. The molecule has 2 saturated heterocycles. The minimum atomic E-state index is 0.0512. The molecule has 1 aromatic carbocycles. The summed E-state index contributed by atoms with van der Waals surface area (Å²) < 4.78 is 0. The maximum atomic E-state index is 12.6. The molecule has 28 heavy (non-hydrogen) atoms. The van der Waals surface area contributed by atoms with Crippen LogP contribution in [0.25, 0.3) is 0 Å². The molecule has 0 saturated carbocycles. The van der Waals surface area contributed by atoms with Crippen molar-refractivity contribution in [3.05, 3.63) is 47.4 Å². The van der Waals surface area contributed by atoms with Crippen molar-refractivity contribution in [1.82, 2.24) is 15.3 Å². The molecule has 2 aliphatic heterocycles. The number of rotatable bonds is 5. The van der Waals surface area contributed by atoms with Crippen LogP contribution in [0.15, 0.2) is 36.8 Å². The van der Waals surface area contributed by atoms with Crippen molar-refractivity contribution < 1.29 is 4.79 Å². The highest BCUT2D eigenvalue weighted by Gasteiger charge is 2.28. The summed E-state index contributed by atoms with van der Waals surface area (Å²) in [6.45, 7) is 4.34. The molecule has 1 aromatic heterocycles. The lowest BCUT2D eigenvalue weighted by atomic mass is 9.95. The van der Waals surface area contributed by atoms with Gasteiger partial charge in [-0.25, -0.2) is 9.97 Å². The molecular weight excluding hydrogens is 374 g/mol. The molecule has 6 nitrogen and oxygen atoms in total. The molecule has 7 heteroatoms.